The van der Waals surface area contributed by atoms with Crippen molar-refractivity contribution < 1.29 is 4.79 Å². The number of nitrogens with two attached hydrogens (primary N) is 1. The third-order valence-corrected chi connectivity index (χ3v) is 12.0. The van der Waals surface area contributed by atoms with Gasteiger partial charge >= 0.3 is 0 Å². The molecule has 4 saturated carbocycles. The maximum atomic E-state index is 13.0. The van der Waals surface area contributed by atoms with Crippen molar-refractivity contribution in [3.63, 3.8) is 0 Å². The second-order valence-electron chi connectivity index (χ2n) is 13.4. The van der Waals surface area contributed by atoms with E-state index in [2.05, 4.69) is 50.6 Å². The van der Waals surface area contributed by atoms with E-state index in [9.17, 15) is 4.79 Å². The monoisotopic (exact) mass is 474 g/mol. The van der Waals surface area contributed by atoms with Crippen molar-refractivity contribution in [2.24, 2.45) is 45.7 Å². The van der Waals surface area contributed by atoms with Crippen molar-refractivity contribution in [1.82, 2.24) is 16.0 Å². The van der Waals surface area contributed by atoms with E-state index in [1.165, 1.54) is 57.8 Å². The first kappa shape index (κ1) is 26.4. The molecule has 5 nitrogen and oxygen atoms in total. The summed E-state index contributed by atoms with van der Waals surface area (Å²) in [6.45, 7) is 16.7. The molecule has 0 saturated heterocycles. The summed E-state index contributed by atoms with van der Waals surface area (Å²) in [5.41, 5.74) is 8.01. The lowest BCUT2D eigenvalue weighted by atomic mass is 9.37. The van der Waals surface area contributed by atoms with Crippen molar-refractivity contribution in [3.05, 3.63) is 0 Å². The van der Waals surface area contributed by atoms with Crippen molar-refractivity contribution >= 4 is 5.91 Å². The van der Waals surface area contributed by atoms with Gasteiger partial charge in [-0.25, -0.2) is 0 Å². The summed E-state index contributed by atoms with van der Waals surface area (Å²) >= 11 is 0. The molecule has 4 aliphatic rings. The summed E-state index contributed by atoms with van der Waals surface area (Å²) in [7, 11) is 0. The Labute approximate surface area is 209 Å². The van der Waals surface area contributed by atoms with Gasteiger partial charge in [-0.05, 0) is 91.4 Å². The number of carbonyl (C=O) groups is 1. The summed E-state index contributed by atoms with van der Waals surface area (Å²) in [6, 6.07) is 0. The standard InChI is InChI=1S/C29H54N4O/c1-6-31-15-16-32-17-18-33-25(34)20-29(30)21(2)19-28(5)24(29)11-10-23-26(3)13-8-7-9-22(26)12-14-27(23,28)4/h21-24,31-32H,6-20,30H2,1-5H3,(H,33,34)/t21?,22?,23?,24?,26?,27-,28?,29?/m0/s1. The fourth-order valence-corrected chi connectivity index (χ4v) is 9.93. The first-order chi connectivity index (χ1) is 16.1. The molecule has 7 unspecified atom stereocenters. The SMILES string of the molecule is CCNCCNCCNC(=O)CC1(N)C(C)CC2(C)C1CCC1C3(C)CCCCC3CC[C@@]12C. The van der Waals surface area contributed by atoms with Gasteiger partial charge in [-0.15, -0.1) is 0 Å². The molecule has 34 heavy (non-hydrogen) atoms. The Morgan fingerprint density at radius 1 is 0.882 bits per heavy atom. The van der Waals surface area contributed by atoms with Gasteiger partial charge in [-0.3, -0.25) is 4.79 Å². The predicted octanol–water partition coefficient (Wildman–Crippen LogP) is 4.46. The highest BCUT2D eigenvalue weighted by molar-refractivity contribution is 5.77. The van der Waals surface area contributed by atoms with Crippen LogP contribution in [0.5, 0.6) is 0 Å². The average molecular weight is 475 g/mol. The maximum Gasteiger partial charge on any atom is 0.221 e. The third kappa shape index (κ3) is 4.26. The summed E-state index contributed by atoms with van der Waals surface area (Å²) in [6.07, 6.45) is 12.7. The van der Waals surface area contributed by atoms with Gasteiger partial charge < -0.3 is 21.7 Å². The molecule has 4 aliphatic carbocycles. The Bertz CT molecular complexity index is 729. The lowest BCUT2D eigenvalue weighted by molar-refractivity contribution is -0.182. The number of amides is 1. The quantitative estimate of drug-likeness (QED) is 0.372. The van der Waals surface area contributed by atoms with E-state index in [4.69, 9.17) is 5.73 Å². The highest BCUT2D eigenvalue weighted by Gasteiger charge is 2.70. The Morgan fingerprint density at radius 3 is 2.35 bits per heavy atom. The van der Waals surface area contributed by atoms with Crippen LogP contribution in [-0.4, -0.2) is 44.2 Å². The molecule has 0 aliphatic heterocycles. The molecule has 0 aromatic carbocycles. The summed E-state index contributed by atoms with van der Waals surface area (Å²) in [5, 5.41) is 9.86. The van der Waals surface area contributed by atoms with E-state index in [1.807, 2.05) is 0 Å². The molecule has 8 atom stereocenters. The van der Waals surface area contributed by atoms with Crippen LogP contribution in [0.15, 0.2) is 0 Å². The number of likely N-dealkylation sites (N-methyl/N-ethyl adjacent to an activating group) is 1. The normalized spacial score (nSPS) is 45.8. The van der Waals surface area contributed by atoms with E-state index >= 15 is 0 Å². The van der Waals surface area contributed by atoms with Gasteiger partial charge in [0.2, 0.25) is 5.91 Å². The van der Waals surface area contributed by atoms with Crippen LogP contribution in [0, 0.1) is 39.9 Å². The average Bonchev–Trinajstić information content (AvgIpc) is 2.99. The molecule has 0 bridgehead atoms. The van der Waals surface area contributed by atoms with Crippen LogP contribution in [-0.2, 0) is 4.79 Å². The molecule has 0 spiro atoms. The van der Waals surface area contributed by atoms with E-state index < -0.39 is 0 Å². The maximum absolute atomic E-state index is 13.0. The Morgan fingerprint density at radius 2 is 1.59 bits per heavy atom. The Balaban J connectivity index is 1.42. The molecule has 196 valence electrons. The number of rotatable bonds is 9. The highest BCUT2D eigenvalue weighted by atomic mass is 16.1. The van der Waals surface area contributed by atoms with Crippen molar-refractivity contribution in [1.29, 1.82) is 0 Å². The minimum Gasteiger partial charge on any atom is -0.355 e. The zero-order chi connectivity index (χ0) is 24.6. The molecule has 5 heteroatoms. The van der Waals surface area contributed by atoms with Crippen LogP contribution < -0.4 is 21.7 Å². The van der Waals surface area contributed by atoms with Gasteiger partial charge in [0.1, 0.15) is 0 Å². The first-order valence-corrected chi connectivity index (χ1v) is 14.6. The van der Waals surface area contributed by atoms with Crippen LogP contribution in [0.1, 0.15) is 98.8 Å². The number of hydrogen-bond donors (Lipinski definition) is 4. The largest absolute Gasteiger partial charge is 0.355 e. The van der Waals surface area contributed by atoms with Crippen molar-refractivity contribution in [2.75, 3.05) is 32.7 Å². The van der Waals surface area contributed by atoms with E-state index in [-0.39, 0.29) is 16.9 Å². The minimum absolute atomic E-state index is 0.141. The molecule has 5 N–H and O–H groups in total. The van der Waals surface area contributed by atoms with Crippen molar-refractivity contribution in [2.45, 2.75) is 104 Å². The molecule has 4 fully saturated rings. The lowest BCUT2D eigenvalue weighted by Gasteiger charge is -2.67. The molecule has 0 aromatic heterocycles. The van der Waals surface area contributed by atoms with Gasteiger partial charge in [-0.2, -0.15) is 0 Å². The second-order valence-corrected chi connectivity index (χ2v) is 13.4. The van der Waals surface area contributed by atoms with E-state index in [0.717, 1.165) is 38.0 Å². The van der Waals surface area contributed by atoms with E-state index in [1.54, 1.807) is 0 Å². The number of fused-ring (bicyclic) bond motifs is 5. The smallest absolute Gasteiger partial charge is 0.221 e. The predicted molar refractivity (Wildman–Crippen MR) is 141 cm³/mol. The molecule has 4 rings (SSSR count). The van der Waals surface area contributed by atoms with Crippen LogP contribution in [0.4, 0.5) is 0 Å². The summed E-state index contributed by atoms with van der Waals surface area (Å²) in [4.78, 5) is 13.0. The molecule has 1 amide bonds. The fourth-order valence-electron chi connectivity index (χ4n) is 9.93. The highest BCUT2D eigenvalue weighted by Crippen LogP contribution is 2.74. The van der Waals surface area contributed by atoms with Gasteiger partial charge in [0.25, 0.3) is 0 Å². The molecular formula is C29H54N4O. The molecule has 0 radical (unpaired) electrons. The zero-order valence-electron chi connectivity index (χ0n) is 22.9. The molecule has 0 heterocycles. The van der Waals surface area contributed by atoms with Gasteiger partial charge in [0.15, 0.2) is 0 Å². The lowest BCUT2D eigenvalue weighted by Crippen LogP contribution is -2.63. The van der Waals surface area contributed by atoms with Crippen LogP contribution in [0.3, 0.4) is 0 Å². The minimum atomic E-state index is -0.379. The first-order valence-electron chi connectivity index (χ1n) is 14.6. The van der Waals surface area contributed by atoms with Gasteiger partial charge in [0, 0.05) is 38.1 Å². The Kier molecular flexibility index (Phi) is 7.78. The summed E-state index contributed by atoms with van der Waals surface area (Å²) < 4.78 is 0. The second kappa shape index (κ2) is 10.0. The molecule has 0 aromatic rings. The fraction of sp³-hybridized carbons (Fsp3) is 0.966. The van der Waals surface area contributed by atoms with Crippen LogP contribution >= 0.6 is 0 Å². The number of carbonyl (C=O) groups excluding carboxylic acids is 1. The van der Waals surface area contributed by atoms with Crippen LogP contribution in [0.25, 0.3) is 0 Å². The van der Waals surface area contributed by atoms with Gasteiger partial charge in [-0.1, -0.05) is 47.5 Å². The molecular weight excluding hydrogens is 420 g/mol. The van der Waals surface area contributed by atoms with Crippen LogP contribution in [0.2, 0.25) is 0 Å². The zero-order valence-corrected chi connectivity index (χ0v) is 22.9. The number of hydrogen-bond acceptors (Lipinski definition) is 4. The van der Waals surface area contributed by atoms with Crippen molar-refractivity contribution in [3.8, 4) is 0 Å². The summed E-state index contributed by atoms with van der Waals surface area (Å²) in [5.74, 6) is 2.72. The van der Waals surface area contributed by atoms with Gasteiger partial charge in [0.05, 0.1) is 0 Å². The topological polar surface area (TPSA) is 79.2 Å². The third-order valence-electron chi connectivity index (χ3n) is 12.0. The number of nitrogens with one attached hydrogen (secondary N) is 3. The van der Waals surface area contributed by atoms with E-state index in [0.29, 0.717) is 35.6 Å². The Hall–Kier alpha value is -0.650.